The van der Waals surface area contributed by atoms with Gasteiger partial charge >= 0.3 is 0 Å². The fourth-order valence-corrected chi connectivity index (χ4v) is 1.79. The molecule has 80 valence electrons. The van der Waals surface area contributed by atoms with Gasteiger partial charge in [-0.25, -0.2) is 5.43 Å². The van der Waals surface area contributed by atoms with Crippen molar-refractivity contribution >= 4 is 11.5 Å². The Bertz CT molecular complexity index is 266. The van der Waals surface area contributed by atoms with E-state index in [1.165, 1.54) is 11.5 Å². The summed E-state index contributed by atoms with van der Waals surface area (Å²) >= 11 is 1.36. The van der Waals surface area contributed by atoms with Crippen LogP contribution in [0.4, 0.5) is 0 Å². The van der Waals surface area contributed by atoms with Gasteiger partial charge in [-0.05, 0) is 24.9 Å². The quantitative estimate of drug-likeness (QED) is 0.417. The molecule has 3 N–H and O–H groups in total. The molecule has 14 heavy (non-hydrogen) atoms. The van der Waals surface area contributed by atoms with Gasteiger partial charge in [-0.15, -0.1) is 5.10 Å². The monoisotopic (exact) mass is 216 g/mol. The number of nitrogens with zero attached hydrogens (tertiary/aromatic N) is 2. The zero-order valence-corrected chi connectivity index (χ0v) is 9.30. The Labute approximate surface area is 87.8 Å². The first-order valence-electron chi connectivity index (χ1n) is 4.62. The van der Waals surface area contributed by atoms with Gasteiger partial charge in [-0.1, -0.05) is 11.4 Å². The highest BCUT2D eigenvalue weighted by Crippen LogP contribution is 2.19. The molecule has 1 rings (SSSR count). The molecule has 1 aromatic rings. The van der Waals surface area contributed by atoms with E-state index in [2.05, 4.69) is 21.9 Å². The van der Waals surface area contributed by atoms with Crippen LogP contribution < -0.4 is 11.3 Å². The first kappa shape index (κ1) is 11.5. The SMILES string of the molecule is CCCOCC(NN)c1snnc1C. The number of rotatable bonds is 6. The fraction of sp³-hybridized carbons (Fsp3) is 0.750. The van der Waals surface area contributed by atoms with Gasteiger partial charge in [0.1, 0.15) is 0 Å². The number of hydrazine groups is 1. The molecular formula is C8H16N4OS. The van der Waals surface area contributed by atoms with Crippen molar-refractivity contribution in [2.75, 3.05) is 13.2 Å². The molecule has 0 fully saturated rings. The normalized spacial score (nSPS) is 13.1. The summed E-state index contributed by atoms with van der Waals surface area (Å²) in [7, 11) is 0. The second kappa shape index (κ2) is 6.02. The lowest BCUT2D eigenvalue weighted by molar-refractivity contribution is 0.112. The fourth-order valence-electron chi connectivity index (χ4n) is 1.10. The maximum atomic E-state index is 5.44. The van der Waals surface area contributed by atoms with Gasteiger partial charge in [0.15, 0.2) is 0 Å². The average Bonchev–Trinajstić information content (AvgIpc) is 2.60. The topological polar surface area (TPSA) is 73.1 Å². The van der Waals surface area contributed by atoms with Crippen LogP contribution in [0.2, 0.25) is 0 Å². The van der Waals surface area contributed by atoms with E-state index in [-0.39, 0.29) is 6.04 Å². The van der Waals surface area contributed by atoms with Crippen LogP contribution in [0.5, 0.6) is 0 Å². The number of hydrogen-bond acceptors (Lipinski definition) is 6. The van der Waals surface area contributed by atoms with Crippen LogP contribution in [0.15, 0.2) is 0 Å². The van der Waals surface area contributed by atoms with Crippen LogP contribution in [0.1, 0.15) is 30.0 Å². The molecule has 0 amide bonds. The Morgan fingerprint density at radius 1 is 1.64 bits per heavy atom. The van der Waals surface area contributed by atoms with Gasteiger partial charge in [0.2, 0.25) is 0 Å². The summed E-state index contributed by atoms with van der Waals surface area (Å²) in [5, 5.41) is 3.93. The summed E-state index contributed by atoms with van der Waals surface area (Å²) in [5.74, 6) is 5.44. The number of ether oxygens (including phenoxy) is 1. The first-order valence-corrected chi connectivity index (χ1v) is 5.39. The third-order valence-electron chi connectivity index (χ3n) is 1.84. The molecule has 1 unspecified atom stereocenters. The van der Waals surface area contributed by atoms with E-state index in [1.807, 2.05) is 6.92 Å². The lowest BCUT2D eigenvalue weighted by Crippen LogP contribution is -2.31. The zero-order valence-electron chi connectivity index (χ0n) is 8.49. The first-order chi connectivity index (χ1) is 6.79. The molecule has 6 heteroatoms. The molecule has 5 nitrogen and oxygen atoms in total. The number of nitrogens with one attached hydrogen (secondary N) is 1. The standard InChI is InChI=1S/C8H16N4OS/c1-3-4-13-5-7(10-9)8-6(2)11-12-14-8/h7,10H,3-5,9H2,1-2H3. The maximum absolute atomic E-state index is 5.44. The maximum Gasteiger partial charge on any atom is 0.0821 e. The third-order valence-corrected chi connectivity index (χ3v) is 2.78. The Balaban J connectivity index is 2.50. The number of aromatic nitrogens is 2. The minimum Gasteiger partial charge on any atom is -0.379 e. The molecule has 1 heterocycles. The van der Waals surface area contributed by atoms with Crippen molar-refractivity contribution in [3.63, 3.8) is 0 Å². The summed E-state index contributed by atoms with van der Waals surface area (Å²) in [6.07, 6.45) is 1.01. The summed E-state index contributed by atoms with van der Waals surface area (Å²) in [6.45, 7) is 5.31. The second-order valence-electron chi connectivity index (χ2n) is 3.02. The predicted molar refractivity (Wildman–Crippen MR) is 55.8 cm³/mol. The van der Waals surface area contributed by atoms with E-state index >= 15 is 0 Å². The minimum atomic E-state index is 0.00144. The zero-order chi connectivity index (χ0) is 10.4. The molecule has 0 saturated heterocycles. The van der Waals surface area contributed by atoms with E-state index in [0.717, 1.165) is 23.6 Å². The molecule has 0 aromatic carbocycles. The molecule has 0 saturated carbocycles. The highest BCUT2D eigenvalue weighted by molar-refractivity contribution is 7.05. The van der Waals surface area contributed by atoms with Crippen molar-refractivity contribution in [2.45, 2.75) is 26.3 Å². The smallest absolute Gasteiger partial charge is 0.0821 e. The predicted octanol–water partition coefficient (Wildman–Crippen LogP) is 0.778. The summed E-state index contributed by atoms with van der Waals surface area (Å²) in [6, 6.07) is 0.00144. The van der Waals surface area contributed by atoms with Crippen molar-refractivity contribution < 1.29 is 4.74 Å². The van der Waals surface area contributed by atoms with Gasteiger partial charge < -0.3 is 4.74 Å². The van der Waals surface area contributed by atoms with E-state index < -0.39 is 0 Å². The third kappa shape index (κ3) is 2.98. The summed E-state index contributed by atoms with van der Waals surface area (Å²) < 4.78 is 9.28. The van der Waals surface area contributed by atoms with Gasteiger partial charge in [0, 0.05) is 6.61 Å². The highest BCUT2D eigenvalue weighted by Gasteiger charge is 2.15. The Morgan fingerprint density at radius 2 is 2.43 bits per heavy atom. The number of hydrogen-bond donors (Lipinski definition) is 2. The lowest BCUT2D eigenvalue weighted by Gasteiger charge is -2.13. The van der Waals surface area contributed by atoms with E-state index in [4.69, 9.17) is 10.6 Å². The molecule has 0 aliphatic heterocycles. The van der Waals surface area contributed by atoms with Gasteiger partial charge in [-0.2, -0.15) is 0 Å². The molecule has 1 atom stereocenters. The van der Waals surface area contributed by atoms with Crippen LogP contribution in [-0.2, 0) is 4.74 Å². The van der Waals surface area contributed by atoms with Gasteiger partial charge in [-0.3, -0.25) is 5.84 Å². The Morgan fingerprint density at radius 3 is 2.93 bits per heavy atom. The van der Waals surface area contributed by atoms with E-state index in [0.29, 0.717) is 6.61 Å². The van der Waals surface area contributed by atoms with Crippen molar-refractivity contribution in [3.05, 3.63) is 10.6 Å². The van der Waals surface area contributed by atoms with Crippen LogP contribution in [0.3, 0.4) is 0 Å². The number of nitrogens with two attached hydrogens (primary N) is 1. The van der Waals surface area contributed by atoms with Crippen LogP contribution in [0.25, 0.3) is 0 Å². The van der Waals surface area contributed by atoms with Crippen molar-refractivity contribution in [3.8, 4) is 0 Å². The van der Waals surface area contributed by atoms with Crippen molar-refractivity contribution in [1.82, 2.24) is 15.0 Å². The molecule has 0 bridgehead atoms. The second-order valence-corrected chi connectivity index (χ2v) is 3.80. The molecule has 0 spiro atoms. The summed E-state index contributed by atoms with van der Waals surface area (Å²) in [5.41, 5.74) is 3.62. The van der Waals surface area contributed by atoms with E-state index in [9.17, 15) is 0 Å². The molecule has 0 radical (unpaired) electrons. The largest absolute Gasteiger partial charge is 0.379 e. The average molecular weight is 216 g/mol. The molecule has 1 aromatic heterocycles. The molecule has 0 aliphatic carbocycles. The summed E-state index contributed by atoms with van der Waals surface area (Å²) in [4.78, 5) is 1.05. The Hall–Kier alpha value is -0.560. The molecule has 0 aliphatic rings. The van der Waals surface area contributed by atoms with E-state index in [1.54, 1.807) is 0 Å². The van der Waals surface area contributed by atoms with Gasteiger partial charge in [0.25, 0.3) is 0 Å². The minimum absolute atomic E-state index is 0.00144. The molecular weight excluding hydrogens is 200 g/mol. The Kier molecular flexibility index (Phi) is 4.95. The highest BCUT2D eigenvalue weighted by atomic mass is 32.1. The lowest BCUT2D eigenvalue weighted by atomic mass is 10.2. The van der Waals surface area contributed by atoms with Crippen LogP contribution in [0, 0.1) is 6.92 Å². The van der Waals surface area contributed by atoms with Crippen LogP contribution >= 0.6 is 11.5 Å². The van der Waals surface area contributed by atoms with Gasteiger partial charge in [0.05, 0.1) is 23.2 Å². The number of aryl methyl sites for hydroxylation is 1. The van der Waals surface area contributed by atoms with Crippen molar-refractivity contribution in [1.29, 1.82) is 0 Å². The van der Waals surface area contributed by atoms with Crippen LogP contribution in [-0.4, -0.2) is 22.8 Å². The van der Waals surface area contributed by atoms with Crippen molar-refractivity contribution in [2.24, 2.45) is 5.84 Å².